The molecular weight excluding hydrogens is 398 g/mol. The van der Waals surface area contributed by atoms with Crippen LogP contribution in [0.5, 0.6) is 0 Å². The summed E-state index contributed by atoms with van der Waals surface area (Å²) in [7, 11) is -4.22. The van der Waals surface area contributed by atoms with Crippen molar-refractivity contribution in [2.75, 3.05) is 13.1 Å². The van der Waals surface area contributed by atoms with E-state index in [-0.39, 0.29) is 12.6 Å². The van der Waals surface area contributed by atoms with Crippen LogP contribution in [0.4, 0.5) is 8.78 Å². The standard InChI is InChI=1S/C21H20F2N2O3S/c22-17-7-8-18(23)21(12-17)29(26,27)24-13-19(20-6-3-11-28-20)25-10-9-15-4-1-2-5-16(15)14-25/h1-8,11-12,19,24H,9-10,13-14H2/p+1/t19-/m1/s1. The predicted octanol–water partition coefficient (Wildman–Crippen LogP) is 2.22. The zero-order valence-electron chi connectivity index (χ0n) is 15.6. The summed E-state index contributed by atoms with van der Waals surface area (Å²) in [5.74, 6) is -1.16. The highest BCUT2D eigenvalue weighted by atomic mass is 32.2. The summed E-state index contributed by atoms with van der Waals surface area (Å²) in [6.45, 7) is 1.53. The highest BCUT2D eigenvalue weighted by Gasteiger charge is 2.32. The minimum absolute atomic E-state index is 0.00327. The molecule has 2 N–H and O–H groups in total. The summed E-state index contributed by atoms with van der Waals surface area (Å²) in [5, 5.41) is 0. The van der Waals surface area contributed by atoms with Crippen LogP contribution < -0.4 is 9.62 Å². The molecule has 1 aliphatic rings. The van der Waals surface area contributed by atoms with Crippen molar-refractivity contribution in [2.24, 2.45) is 0 Å². The Hall–Kier alpha value is -2.55. The van der Waals surface area contributed by atoms with Crippen LogP contribution >= 0.6 is 0 Å². The Morgan fingerprint density at radius 2 is 1.86 bits per heavy atom. The third kappa shape index (κ3) is 4.24. The number of rotatable bonds is 6. The van der Waals surface area contributed by atoms with Crippen LogP contribution in [0.15, 0.2) is 70.2 Å². The zero-order chi connectivity index (χ0) is 20.4. The minimum atomic E-state index is -4.22. The largest absolute Gasteiger partial charge is 0.463 e. The summed E-state index contributed by atoms with van der Waals surface area (Å²) in [6.07, 6.45) is 2.41. The van der Waals surface area contributed by atoms with Crippen molar-refractivity contribution in [1.82, 2.24) is 4.72 Å². The Bertz CT molecular complexity index is 1100. The maximum Gasteiger partial charge on any atom is 0.243 e. The van der Waals surface area contributed by atoms with Crippen LogP contribution in [0.3, 0.4) is 0 Å². The molecule has 152 valence electrons. The fourth-order valence-corrected chi connectivity index (χ4v) is 4.92. The van der Waals surface area contributed by atoms with Crippen LogP contribution in [-0.4, -0.2) is 21.5 Å². The molecule has 0 radical (unpaired) electrons. The zero-order valence-corrected chi connectivity index (χ0v) is 16.4. The fourth-order valence-electron chi connectivity index (χ4n) is 3.79. The van der Waals surface area contributed by atoms with Gasteiger partial charge in [0, 0.05) is 12.0 Å². The van der Waals surface area contributed by atoms with E-state index in [1.165, 1.54) is 11.1 Å². The van der Waals surface area contributed by atoms with Crippen molar-refractivity contribution < 1.29 is 26.5 Å². The van der Waals surface area contributed by atoms with Gasteiger partial charge in [0.15, 0.2) is 11.8 Å². The molecule has 0 amide bonds. The molecule has 29 heavy (non-hydrogen) atoms. The molecule has 0 fully saturated rings. The van der Waals surface area contributed by atoms with Gasteiger partial charge in [0.1, 0.15) is 23.1 Å². The first-order valence-corrected chi connectivity index (χ1v) is 10.8. The van der Waals surface area contributed by atoms with Gasteiger partial charge in [0.25, 0.3) is 0 Å². The molecule has 0 saturated heterocycles. The van der Waals surface area contributed by atoms with Crippen molar-refractivity contribution in [2.45, 2.75) is 23.9 Å². The summed E-state index contributed by atoms with van der Waals surface area (Å²) in [5.41, 5.74) is 2.50. The van der Waals surface area contributed by atoms with E-state index < -0.39 is 26.6 Å². The minimum Gasteiger partial charge on any atom is -0.463 e. The van der Waals surface area contributed by atoms with Crippen LogP contribution in [0.1, 0.15) is 22.9 Å². The number of halogens is 2. The normalized spacial score (nSPS) is 17.7. The summed E-state index contributed by atoms with van der Waals surface area (Å²) in [6, 6.07) is 13.8. The summed E-state index contributed by atoms with van der Waals surface area (Å²) in [4.78, 5) is 0.441. The second kappa shape index (κ2) is 8.06. The molecule has 1 aliphatic heterocycles. The van der Waals surface area contributed by atoms with Gasteiger partial charge in [-0.05, 0) is 35.9 Å². The molecule has 2 heterocycles. The Balaban J connectivity index is 1.57. The van der Waals surface area contributed by atoms with Gasteiger partial charge in [-0.3, -0.25) is 0 Å². The molecule has 4 rings (SSSR count). The van der Waals surface area contributed by atoms with Crippen LogP contribution in [0.25, 0.3) is 0 Å². The number of quaternary nitrogens is 1. The van der Waals surface area contributed by atoms with Gasteiger partial charge in [-0.2, -0.15) is 0 Å². The van der Waals surface area contributed by atoms with Gasteiger partial charge >= 0.3 is 0 Å². The van der Waals surface area contributed by atoms with Gasteiger partial charge in [0.2, 0.25) is 10.0 Å². The lowest BCUT2D eigenvalue weighted by molar-refractivity contribution is -0.946. The SMILES string of the molecule is O=S(=O)(NC[C@H](c1ccco1)[NH+]1CCc2ccccc2C1)c1cc(F)ccc1F. The van der Waals surface area contributed by atoms with Gasteiger partial charge in [-0.1, -0.05) is 24.3 Å². The molecule has 0 bridgehead atoms. The van der Waals surface area contributed by atoms with E-state index in [1.54, 1.807) is 18.4 Å². The monoisotopic (exact) mass is 419 g/mol. The molecule has 1 unspecified atom stereocenters. The van der Waals surface area contributed by atoms with Crippen molar-refractivity contribution in [3.8, 4) is 0 Å². The van der Waals surface area contributed by atoms with Gasteiger partial charge < -0.3 is 9.32 Å². The number of hydrogen-bond acceptors (Lipinski definition) is 3. The molecule has 0 aliphatic carbocycles. The van der Waals surface area contributed by atoms with Crippen molar-refractivity contribution >= 4 is 10.0 Å². The number of hydrogen-bond donors (Lipinski definition) is 2. The first kappa shape index (κ1) is 19.8. The lowest BCUT2D eigenvalue weighted by Crippen LogP contribution is -3.12. The van der Waals surface area contributed by atoms with E-state index in [4.69, 9.17) is 4.42 Å². The van der Waals surface area contributed by atoms with Gasteiger partial charge in [0.05, 0.1) is 19.4 Å². The van der Waals surface area contributed by atoms with E-state index in [2.05, 4.69) is 16.9 Å². The third-order valence-electron chi connectivity index (χ3n) is 5.29. The molecule has 2 atom stereocenters. The highest BCUT2D eigenvalue weighted by Crippen LogP contribution is 2.18. The van der Waals surface area contributed by atoms with Gasteiger partial charge in [-0.15, -0.1) is 0 Å². The molecule has 8 heteroatoms. The third-order valence-corrected chi connectivity index (χ3v) is 6.73. The first-order valence-electron chi connectivity index (χ1n) is 9.33. The van der Waals surface area contributed by atoms with Crippen molar-refractivity contribution in [3.63, 3.8) is 0 Å². The van der Waals surface area contributed by atoms with Crippen LogP contribution in [0.2, 0.25) is 0 Å². The predicted molar refractivity (Wildman–Crippen MR) is 103 cm³/mol. The second-order valence-corrected chi connectivity index (χ2v) is 8.83. The quantitative estimate of drug-likeness (QED) is 0.644. The number of benzene rings is 2. The molecule has 2 aromatic carbocycles. The van der Waals surface area contributed by atoms with E-state index in [0.29, 0.717) is 11.8 Å². The molecule has 5 nitrogen and oxygen atoms in total. The van der Waals surface area contributed by atoms with E-state index >= 15 is 0 Å². The second-order valence-electron chi connectivity index (χ2n) is 7.10. The molecule has 1 aromatic heterocycles. The topological polar surface area (TPSA) is 63.8 Å². The Kier molecular flexibility index (Phi) is 5.49. The summed E-state index contributed by atoms with van der Waals surface area (Å²) >= 11 is 0. The van der Waals surface area contributed by atoms with Gasteiger partial charge in [-0.25, -0.2) is 21.9 Å². The maximum absolute atomic E-state index is 14.0. The smallest absolute Gasteiger partial charge is 0.243 e. The average Bonchev–Trinajstić information content (AvgIpc) is 3.24. The number of sulfonamides is 1. The van der Waals surface area contributed by atoms with E-state index in [9.17, 15) is 17.2 Å². The number of furan rings is 1. The number of fused-ring (bicyclic) bond motifs is 1. The van der Waals surface area contributed by atoms with Crippen LogP contribution in [-0.2, 0) is 23.0 Å². The Labute approximate surface area is 168 Å². The molecule has 0 saturated carbocycles. The van der Waals surface area contributed by atoms with Crippen molar-refractivity contribution in [1.29, 1.82) is 0 Å². The van der Waals surface area contributed by atoms with Crippen LogP contribution in [0, 0.1) is 11.6 Å². The maximum atomic E-state index is 14.0. The summed E-state index contributed by atoms with van der Waals surface area (Å²) < 4.78 is 60.6. The Morgan fingerprint density at radius 1 is 1.07 bits per heavy atom. The molecule has 0 spiro atoms. The van der Waals surface area contributed by atoms with Crippen molar-refractivity contribution in [3.05, 3.63) is 89.4 Å². The first-order chi connectivity index (χ1) is 13.9. The fraction of sp³-hybridized carbons (Fsp3) is 0.238. The average molecular weight is 419 g/mol. The Morgan fingerprint density at radius 3 is 2.62 bits per heavy atom. The lowest BCUT2D eigenvalue weighted by atomic mass is 9.98. The molecular formula is C21H21F2N2O3S+. The van der Waals surface area contributed by atoms with E-state index in [0.717, 1.165) is 36.5 Å². The highest BCUT2D eigenvalue weighted by molar-refractivity contribution is 7.89. The lowest BCUT2D eigenvalue weighted by Gasteiger charge is -2.31. The molecule has 3 aromatic rings. The van der Waals surface area contributed by atoms with E-state index in [1.807, 2.05) is 12.1 Å². The number of nitrogens with one attached hydrogen (secondary N) is 2.